The van der Waals surface area contributed by atoms with Crippen molar-refractivity contribution in [3.05, 3.63) is 53.7 Å². The first-order valence-corrected chi connectivity index (χ1v) is 10.5. The van der Waals surface area contributed by atoms with Crippen molar-refractivity contribution in [1.82, 2.24) is 10.3 Å². The van der Waals surface area contributed by atoms with Crippen LogP contribution < -0.4 is 15.0 Å². The number of carbonyl (C=O) groups excluding carboxylic acids is 2. The Bertz CT molecular complexity index is 909. The van der Waals surface area contributed by atoms with Gasteiger partial charge in [0.15, 0.2) is 0 Å². The topological polar surface area (TPSA) is 91.8 Å². The average molecular weight is 409 g/mol. The van der Waals surface area contributed by atoms with E-state index in [1.807, 2.05) is 24.3 Å². The zero-order valence-electron chi connectivity index (χ0n) is 17.1. The first-order chi connectivity index (χ1) is 14.6. The summed E-state index contributed by atoms with van der Waals surface area (Å²) in [6.45, 7) is 0.257. The van der Waals surface area contributed by atoms with Crippen LogP contribution in [0.15, 0.2) is 42.6 Å². The van der Waals surface area contributed by atoms with Crippen LogP contribution >= 0.6 is 0 Å². The lowest BCUT2D eigenvalue weighted by molar-refractivity contribution is -0.140. The number of fused-ring (bicyclic) bond motifs is 1. The maximum absolute atomic E-state index is 13.3. The number of rotatable bonds is 5. The standard InChI is InChI=1S/C23H27N3O4/c1-30-17-11-9-15(10-12-17)14-26-21-18(8-5-13-24-21)20(27)19(23(26)29)22(28)25-16-6-3-2-4-7-16/h5,8-13,16,19-20,27H,2-4,6-7,14H2,1H3,(H,25,28). The van der Waals surface area contributed by atoms with Gasteiger partial charge in [0, 0.05) is 17.8 Å². The lowest BCUT2D eigenvalue weighted by Gasteiger charge is -2.36. The predicted molar refractivity (Wildman–Crippen MR) is 112 cm³/mol. The molecule has 1 fully saturated rings. The van der Waals surface area contributed by atoms with Gasteiger partial charge in [0.05, 0.1) is 13.7 Å². The van der Waals surface area contributed by atoms with Crippen LogP contribution in [-0.4, -0.2) is 35.1 Å². The number of methoxy groups -OCH3 is 1. The number of aromatic nitrogens is 1. The van der Waals surface area contributed by atoms with Crippen LogP contribution in [0.3, 0.4) is 0 Å². The van der Waals surface area contributed by atoms with Crippen LogP contribution in [0.4, 0.5) is 5.82 Å². The maximum atomic E-state index is 13.3. The summed E-state index contributed by atoms with van der Waals surface area (Å²) >= 11 is 0. The number of carbonyl (C=O) groups is 2. The largest absolute Gasteiger partial charge is 0.497 e. The average Bonchev–Trinajstić information content (AvgIpc) is 2.78. The van der Waals surface area contributed by atoms with E-state index in [2.05, 4.69) is 10.3 Å². The zero-order valence-corrected chi connectivity index (χ0v) is 17.1. The normalized spacial score (nSPS) is 21.8. The smallest absolute Gasteiger partial charge is 0.244 e. The molecule has 2 aliphatic rings. The summed E-state index contributed by atoms with van der Waals surface area (Å²) in [6.07, 6.45) is 5.52. The molecular weight excluding hydrogens is 382 g/mol. The number of ether oxygens (including phenoxy) is 1. The quantitative estimate of drug-likeness (QED) is 0.741. The number of hydrogen-bond donors (Lipinski definition) is 2. The van der Waals surface area contributed by atoms with Crippen molar-refractivity contribution in [3.63, 3.8) is 0 Å². The first kappa shape index (κ1) is 20.3. The van der Waals surface area contributed by atoms with Gasteiger partial charge in [-0.3, -0.25) is 14.5 Å². The fraction of sp³-hybridized carbons (Fsp3) is 0.435. The summed E-state index contributed by atoms with van der Waals surface area (Å²) < 4.78 is 5.19. The van der Waals surface area contributed by atoms with Gasteiger partial charge in [0.25, 0.3) is 0 Å². The van der Waals surface area contributed by atoms with Crippen LogP contribution in [0, 0.1) is 5.92 Å². The number of nitrogens with one attached hydrogen (secondary N) is 1. The molecule has 30 heavy (non-hydrogen) atoms. The molecule has 2 N–H and O–H groups in total. The van der Waals surface area contributed by atoms with E-state index in [4.69, 9.17) is 4.74 Å². The fourth-order valence-corrected chi connectivity index (χ4v) is 4.31. The van der Waals surface area contributed by atoms with Crippen molar-refractivity contribution in [2.24, 2.45) is 5.92 Å². The predicted octanol–water partition coefficient (Wildman–Crippen LogP) is 2.74. The molecule has 7 heteroatoms. The molecule has 2 atom stereocenters. The van der Waals surface area contributed by atoms with Crippen molar-refractivity contribution in [2.75, 3.05) is 12.0 Å². The SMILES string of the molecule is COc1ccc(CN2C(=O)C(C(=O)NC3CCCCC3)C(O)c3cccnc32)cc1. The molecule has 2 aromatic rings. The van der Waals surface area contributed by atoms with Crippen LogP contribution in [0.1, 0.15) is 49.3 Å². The van der Waals surface area contributed by atoms with E-state index in [0.29, 0.717) is 11.4 Å². The van der Waals surface area contributed by atoms with E-state index in [9.17, 15) is 14.7 Å². The molecule has 2 heterocycles. The third-order valence-electron chi connectivity index (χ3n) is 5.97. The zero-order chi connectivity index (χ0) is 21.1. The van der Waals surface area contributed by atoms with Gasteiger partial charge >= 0.3 is 0 Å². The summed E-state index contributed by atoms with van der Waals surface area (Å²) in [4.78, 5) is 32.2. The number of aliphatic hydroxyl groups excluding tert-OH is 1. The summed E-state index contributed by atoms with van der Waals surface area (Å²) in [5.74, 6) is -0.900. The highest BCUT2D eigenvalue weighted by molar-refractivity contribution is 6.10. The molecule has 2 unspecified atom stereocenters. The van der Waals surface area contributed by atoms with Gasteiger partial charge in [0.2, 0.25) is 11.8 Å². The van der Waals surface area contributed by atoms with Crippen molar-refractivity contribution in [3.8, 4) is 5.75 Å². The summed E-state index contributed by atoms with van der Waals surface area (Å²) in [6, 6.07) is 10.9. The van der Waals surface area contributed by atoms with Crippen LogP contribution in [0.2, 0.25) is 0 Å². The second-order valence-electron chi connectivity index (χ2n) is 7.95. The van der Waals surface area contributed by atoms with Gasteiger partial charge in [0.1, 0.15) is 23.6 Å². The Hall–Kier alpha value is -2.93. The summed E-state index contributed by atoms with van der Waals surface area (Å²) in [7, 11) is 1.60. The molecule has 0 radical (unpaired) electrons. The highest BCUT2D eigenvalue weighted by atomic mass is 16.5. The molecule has 1 saturated carbocycles. The number of pyridine rings is 1. The molecule has 0 saturated heterocycles. The minimum Gasteiger partial charge on any atom is -0.497 e. The molecular formula is C23H27N3O4. The van der Waals surface area contributed by atoms with Crippen molar-refractivity contribution < 1.29 is 19.4 Å². The van der Waals surface area contributed by atoms with Gasteiger partial charge in [-0.1, -0.05) is 37.5 Å². The third-order valence-corrected chi connectivity index (χ3v) is 5.97. The summed E-state index contributed by atoms with van der Waals surface area (Å²) in [5.41, 5.74) is 1.37. The molecule has 2 amide bonds. The Labute approximate surface area is 176 Å². The Morgan fingerprint density at radius 1 is 1.20 bits per heavy atom. The second-order valence-corrected chi connectivity index (χ2v) is 7.95. The number of aliphatic hydroxyl groups is 1. The van der Waals surface area contributed by atoms with Gasteiger partial charge < -0.3 is 15.2 Å². The molecule has 1 aliphatic heterocycles. The van der Waals surface area contributed by atoms with E-state index in [1.54, 1.807) is 25.4 Å². The van der Waals surface area contributed by atoms with E-state index >= 15 is 0 Å². The Morgan fingerprint density at radius 2 is 1.93 bits per heavy atom. The maximum Gasteiger partial charge on any atom is 0.244 e. The molecule has 1 aromatic carbocycles. The van der Waals surface area contributed by atoms with E-state index < -0.39 is 23.8 Å². The summed E-state index contributed by atoms with van der Waals surface area (Å²) in [5, 5.41) is 13.9. The highest BCUT2D eigenvalue weighted by Gasteiger charge is 2.45. The highest BCUT2D eigenvalue weighted by Crippen LogP contribution is 2.37. The van der Waals surface area contributed by atoms with Crippen LogP contribution in [0.25, 0.3) is 0 Å². The number of hydrogen-bond acceptors (Lipinski definition) is 5. The minimum atomic E-state index is -1.21. The molecule has 1 aromatic heterocycles. The Kier molecular flexibility index (Phi) is 5.99. The molecule has 0 bridgehead atoms. The minimum absolute atomic E-state index is 0.0663. The number of anilines is 1. The molecule has 7 nitrogen and oxygen atoms in total. The lowest BCUT2D eigenvalue weighted by Crippen LogP contribution is -2.52. The molecule has 158 valence electrons. The lowest BCUT2D eigenvalue weighted by atomic mass is 9.88. The monoisotopic (exact) mass is 409 g/mol. The third kappa shape index (κ3) is 4.03. The van der Waals surface area contributed by atoms with Crippen LogP contribution in [0.5, 0.6) is 5.75 Å². The number of amides is 2. The molecule has 0 spiro atoms. The molecule has 1 aliphatic carbocycles. The van der Waals surface area contributed by atoms with Gasteiger partial charge in [-0.25, -0.2) is 4.98 Å². The Balaban J connectivity index is 1.60. The van der Waals surface area contributed by atoms with E-state index in [1.165, 1.54) is 11.3 Å². The number of nitrogens with zero attached hydrogens (tertiary/aromatic N) is 2. The molecule has 4 rings (SSSR count). The van der Waals surface area contributed by atoms with Crippen molar-refractivity contribution in [1.29, 1.82) is 0 Å². The second kappa shape index (κ2) is 8.83. The fourth-order valence-electron chi connectivity index (χ4n) is 4.31. The van der Waals surface area contributed by atoms with Gasteiger partial charge in [-0.2, -0.15) is 0 Å². The number of benzene rings is 1. The van der Waals surface area contributed by atoms with Crippen LogP contribution in [-0.2, 0) is 16.1 Å². The Morgan fingerprint density at radius 3 is 2.63 bits per heavy atom. The first-order valence-electron chi connectivity index (χ1n) is 10.5. The van der Waals surface area contributed by atoms with Crippen molar-refractivity contribution >= 4 is 17.6 Å². The van der Waals surface area contributed by atoms with E-state index in [-0.39, 0.29) is 12.6 Å². The van der Waals surface area contributed by atoms with Crippen molar-refractivity contribution in [2.45, 2.75) is 50.8 Å². The van der Waals surface area contributed by atoms with E-state index in [0.717, 1.165) is 37.0 Å². The van der Waals surface area contributed by atoms with Gasteiger partial charge in [-0.05, 0) is 36.6 Å². The van der Waals surface area contributed by atoms with Gasteiger partial charge in [-0.15, -0.1) is 0 Å².